The first-order valence-electron chi connectivity index (χ1n) is 12.7. The zero-order valence-corrected chi connectivity index (χ0v) is 26.3. The van der Waals surface area contributed by atoms with Crippen molar-refractivity contribution < 1.29 is 33.3 Å². The van der Waals surface area contributed by atoms with E-state index < -0.39 is 19.7 Å². The van der Waals surface area contributed by atoms with E-state index in [4.69, 9.17) is 4.42 Å². The number of aromatic nitrogens is 2. The molecule has 6 rings (SSSR count). The number of furan rings is 1. The Morgan fingerprint density at radius 1 is 0.850 bits per heavy atom. The number of rotatable bonds is 3. The second-order valence-electron chi connectivity index (χ2n) is 10.5. The molecule has 3 heterocycles. The van der Waals surface area contributed by atoms with Gasteiger partial charge in [0.05, 0.1) is 11.8 Å². The van der Waals surface area contributed by atoms with Crippen molar-refractivity contribution in [3.8, 4) is 22.5 Å². The first kappa shape index (κ1) is 29.5. The Labute approximate surface area is 247 Å². The van der Waals surface area contributed by atoms with Crippen LogP contribution in [0.15, 0.2) is 83.5 Å². The molecule has 0 N–H and O–H groups in total. The summed E-state index contributed by atoms with van der Waals surface area (Å²) in [6.45, 7) is 10.9. The normalized spacial score (nSPS) is 11.2. The molecule has 0 amide bonds. The Hall–Kier alpha value is -3.51. The average molecular weight is 727 g/mol. The van der Waals surface area contributed by atoms with E-state index in [-0.39, 0.29) is 25.8 Å². The van der Waals surface area contributed by atoms with Crippen molar-refractivity contribution in [3.63, 3.8) is 0 Å². The van der Waals surface area contributed by atoms with E-state index in [9.17, 15) is 8.78 Å². The summed E-state index contributed by atoms with van der Waals surface area (Å²) in [4.78, 5) is 8.31. The number of halogens is 2. The zero-order chi connectivity index (χ0) is 27.7. The third-order valence-corrected chi connectivity index (χ3v) is 8.67. The van der Waals surface area contributed by atoms with Crippen molar-refractivity contribution in [3.05, 3.63) is 114 Å². The molecule has 0 fully saturated rings. The van der Waals surface area contributed by atoms with Crippen molar-refractivity contribution in [2.24, 2.45) is 0 Å². The van der Waals surface area contributed by atoms with Crippen LogP contribution in [0.4, 0.5) is 8.78 Å². The summed E-state index contributed by atoms with van der Waals surface area (Å²) in [6.07, 6.45) is 2.92. The molecule has 0 spiro atoms. The van der Waals surface area contributed by atoms with Gasteiger partial charge in [-0.2, -0.15) is 0 Å². The van der Waals surface area contributed by atoms with Gasteiger partial charge in [-0.15, -0.1) is 53.2 Å². The number of fused-ring (bicyclic) bond motifs is 3. The SMILES string of the molecule is C[Si](C)(C)c1c[c-]c(-c2ncc(F)cc2F)c2oc3ccccc3c12.Cc1cnc(-c2[c-]cccc2)cc1C.[Ir]. The molecule has 3 nitrogen and oxygen atoms in total. The second-order valence-corrected chi connectivity index (χ2v) is 15.6. The molecule has 0 aliphatic carbocycles. The van der Waals surface area contributed by atoms with Crippen LogP contribution in [0.3, 0.4) is 0 Å². The summed E-state index contributed by atoms with van der Waals surface area (Å²) in [5, 5.41) is 3.17. The summed E-state index contributed by atoms with van der Waals surface area (Å²) in [5.41, 5.74) is 6.30. The van der Waals surface area contributed by atoms with Gasteiger partial charge in [-0.1, -0.05) is 60.4 Å². The molecular weight excluding hydrogens is 699 g/mol. The van der Waals surface area contributed by atoms with Crippen LogP contribution < -0.4 is 5.19 Å². The number of hydrogen-bond acceptors (Lipinski definition) is 3. The maximum Gasteiger partial charge on any atom is 0.142 e. The molecule has 0 aliphatic heterocycles. The Balaban J connectivity index is 0.000000210. The fourth-order valence-electron chi connectivity index (χ4n) is 4.46. The number of benzene rings is 3. The Morgan fingerprint density at radius 2 is 1.60 bits per heavy atom. The molecule has 0 saturated carbocycles. The maximum atomic E-state index is 14.3. The zero-order valence-electron chi connectivity index (χ0n) is 22.9. The third kappa shape index (κ3) is 5.97. The van der Waals surface area contributed by atoms with E-state index in [1.807, 2.05) is 60.8 Å². The van der Waals surface area contributed by atoms with Gasteiger partial charge in [0.2, 0.25) is 0 Å². The van der Waals surface area contributed by atoms with Crippen LogP contribution in [-0.4, -0.2) is 18.0 Å². The smallest absolute Gasteiger partial charge is 0.142 e. The fraction of sp³-hybridized carbons (Fsp3) is 0.152. The van der Waals surface area contributed by atoms with E-state index >= 15 is 0 Å². The monoisotopic (exact) mass is 727 g/mol. The minimum Gasteiger partial charge on any atom is -0.501 e. The minimum absolute atomic E-state index is 0. The van der Waals surface area contributed by atoms with E-state index in [2.05, 4.69) is 61.7 Å². The second kappa shape index (κ2) is 11.9. The van der Waals surface area contributed by atoms with Crippen LogP contribution in [-0.2, 0) is 20.1 Å². The topological polar surface area (TPSA) is 38.9 Å². The van der Waals surface area contributed by atoms with Crippen LogP contribution in [0.2, 0.25) is 19.6 Å². The van der Waals surface area contributed by atoms with Crippen LogP contribution in [0.1, 0.15) is 11.1 Å². The van der Waals surface area contributed by atoms with Crippen molar-refractivity contribution in [1.29, 1.82) is 0 Å². The third-order valence-electron chi connectivity index (χ3n) is 6.66. The van der Waals surface area contributed by atoms with E-state index in [0.29, 0.717) is 11.1 Å². The first-order valence-corrected chi connectivity index (χ1v) is 16.2. The van der Waals surface area contributed by atoms with Crippen LogP contribution in [0.5, 0.6) is 0 Å². The van der Waals surface area contributed by atoms with Crippen molar-refractivity contribution in [2.75, 3.05) is 0 Å². The van der Waals surface area contributed by atoms with Gasteiger partial charge in [0.15, 0.2) is 0 Å². The maximum absolute atomic E-state index is 14.3. The summed E-state index contributed by atoms with van der Waals surface area (Å²) in [5.74, 6) is -1.43. The molecule has 3 aromatic heterocycles. The van der Waals surface area contributed by atoms with Gasteiger partial charge in [0, 0.05) is 51.5 Å². The molecule has 6 aromatic rings. The molecule has 7 heteroatoms. The number of aryl methyl sites for hydroxylation is 2. The number of para-hydroxylation sites is 1. The van der Waals surface area contributed by atoms with E-state index in [1.54, 1.807) is 0 Å². The van der Waals surface area contributed by atoms with Crippen LogP contribution >= 0.6 is 0 Å². The van der Waals surface area contributed by atoms with Crippen molar-refractivity contribution >= 4 is 35.2 Å². The van der Waals surface area contributed by atoms with Crippen LogP contribution in [0, 0.1) is 37.6 Å². The molecule has 205 valence electrons. The molecule has 0 unspecified atom stereocenters. The van der Waals surface area contributed by atoms with Crippen molar-refractivity contribution in [2.45, 2.75) is 33.5 Å². The van der Waals surface area contributed by atoms with Gasteiger partial charge in [-0.05, 0) is 31.2 Å². The van der Waals surface area contributed by atoms with Gasteiger partial charge < -0.3 is 9.40 Å². The molecule has 1 radical (unpaired) electrons. The Kier molecular flexibility index (Phi) is 8.79. The minimum atomic E-state index is -1.69. The average Bonchev–Trinajstić information content (AvgIpc) is 3.30. The summed E-state index contributed by atoms with van der Waals surface area (Å²) in [7, 11) is -1.69. The summed E-state index contributed by atoms with van der Waals surface area (Å²) < 4.78 is 33.6. The number of nitrogens with zero attached hydrogens (tertiary/aromatic N) is 2. The van der Waals surface area contributed by atoms with E-state index in [1.165, 1.54) is 16.3 Å². The first-order chi connectivity index (χ1) is 18.6. The predicted molar refractivity (Wildman–Crippen MR) is 157 cm³/mol. The Morgan fingerprint density at radius 3 is 2.27 bits per heavy atom. The van der Waals surface area contributed by atoms with E-state index in [0.717, 1.165) is 39.9 Å². The molecule has 0 bridgehead atoms. The van der Waals surface area contributed by atoms with Gasteiger partial charge in [0.1, 0.15) is 17.2 Å². The largest absolute Gasteiger partial charge is 0.501 e. The number of hydrogen-bond donors (Lipinski definition) is 0. The number of pyridine rings is 2. The van der Waals surface area contributed by atoms with Gasteiger partial charge in [-0.3, -0.25) is 4.98 Å². The molecule has 3 aromatic carbocycles. The van der Waals surface area contributed by atoms with Gasteiger partial charge >= 0.3 is 0 Å². The molecule has 40 heavy (non-hydrogen) atoms. The van der Waals surface area contributed by atoms with Crippen molar-refractivity contribution in [1.82, 2.24) is 9.97 Å². The molecule has 0 atom stereocenters. The fourth-order valence-corrected chi connectivity index (χ4v) is 5.96. The quantitative estimate of drug-likeness (QED) is 0.136. The predicted octanol–water partition coefficient (Wildman–Crippen LogP) is 8.43. The van der Waals surface area contributed by atoms with Crippen LogP contribution in [0.25, 0.3) is 44.5 Å². The standard InChI is InChI=1S/C20H16F2NOSi.C13H12N.Ir/c1-25(2,3)17-9-8-14(19-15(22)10-12(21)11-23-19)20-18(17)13-6-4-5-7-16(13)24-20;1-10-8-13(14-9-11(10)2)12-6-4-3-5-7-12;/h4-7,9-11H,1-3H3;3-6,8-9H,1-2H3;/q2*-1;. The summed E-state index contributed by atoms with van der Waals surface area (Å²) >= 11 is 0. The molecule has 0 saturated heterocycles. The molecular formula is C33H28F2IrN2OSi-2. The summed E-state index contributed by atoms with van der Waals surface area (Å²) in [6, 6.07) is 26.8. The Bertz CT molecular complexity index is 1800. The van der Waals surface area contributed by atoms with Gasteiger partial charge in [-0.25, -0.2) is 8.78 Å². The molecule has 0 aliphatic rings. The van der Waals surface area contributed by atoms with Gasteiger partial charge in [0.25, 0.3) is 0 Å².